The van der Waals surface area contributed by atoms with E-state index in [1.165, 1.54) is 0 Å². The van der Waals surface area contributed by atoms with E-state index in [2.05, 4.69) is 0 Å². The summed E-state index contributed by atoms with van der Waals surface area (Å²) >= 11 is 0. The van der Waals surface area contributed by atoms with Gasteiger partial charge in [0.2, 0.25) is 6.29 Å². The van der Waals surface area contributed by atoms with Gasteiger partial charge in [-0.1, -0.05) is 0 Å². The van der Waals surface area contributed by atoms with E-state index in [9.17, 15) is 0 Å². The predicted octanol–water partition coefficient (Wildman–Crippen LogP) is 1.19. The lowest BCUT2D eigenvalue weighted by Crippen LogP contribution is -2.09. The fraction of sp³-hybridized carbons (Fsp3) is 0.429. The minimum Gasteiger partial charge on any atom is -0.469 e. The maximum Gasteiger partial charge on any atom is 0.216 e. The molecule has 0 bridgehead atoms. The minimum absolute atomic E-state index is 0.742. The van der Waals surface area contributed by atoms with Crippen LogP contribution in [0.5, 0.6) is 0 Å². The zero-order valence-corrected chi connectivity index (χ0v) is 5.59. The third kappa shape index (κ3) is 1.33. The number of aliphatic hydroxyl groups is 1. The number of aliphatic hydroxyl groups excluding tert-OH is 1. The van der Waals surface area contributed by atoms with Crippen molar-refractivity contribution in [2.75, 3.05) is 0 Å². The smallest absolute Gasteiger partial charge is 0.216 e. The molecule has 0 saturated heterocycles. The maximum atomic E-state index is 8.85. The van der Waals surface area contributed by atoms with Gasteiger partial charge in [0.15, 0.2) is 0 Å². The van der Waals surface area contributed by atoms with Crippen LogP contribution in [0.1, 0.15) is 13.8 Å². The van der Waals surface area contributed by atoms with Crippen molar-refractivity contribution in [3.63, 3.8) is 0 Å². The fourth-order valence-corrected chi connectivity index (χ4v) is 0.649. The van der Waals surface area contributed by atoms with Gasteiger partial charge in [0.05, 0.1) is 6.26 Å². The predicted molar refractivity (Wildman–Crippen MR) is 34.6 cm³/mol. The summed E-state index contributed by atoms with van der Waals surface area (Å²) < 4.78 is 4.78. The van der Waals surface area contributed by atoms with E-state index >= 15 is 0 Å². The van der Waals surface area contributed by atoms with Crippen LogP contribution < -0.4 is 0 Å². The standard InChI is InChI=1S/C7H10O2/c1-5-3-7(8)9-4-6(5)2/h3-4,7-8H,1-2H3. The van der Waals surface area contributed by atoms with E-state index in [0.717, 1.165) is 11.1 Å². The molecule has 1 aliphatic rings. The summed E-state index contributed by atoms with van der Waals surface area (Å²) in [5, 5.41) is 8.85. The van der Waals surface area contributed by atoms with Gasteiger partial charge in [-0.25, -0.2) is 0 Å². The SMILES string of the molecule is CC1=COC(O)C=C1C. The molecule has 0 saturated carbocycles. The van der Waals surface area contributed by atoms with Crippen LogP contribution in [-0.2, 0) is 4.74 Å². The molecule has 0 aromatic heterocycles. The summed E-state index contributed by atoms with van der Waals surface area (Å²) in [5.41, 5.74) is 2.15. The van der Waals surface area contributed by atoms with Crippen LogP contribution in [-0.4, -0.2) is 11.4 Å². The third-order valence-corrected chi connectivity index (χ3v) is 1.40. The summed E-state index contributed by atoms with van der Waals surface area (Å²) in [6.07, 6.45) is 2.50. The van der Waals surface area contributed by atoms with Gasteiger partial charge in [0.25, 0.3) is 0 Å². The first-order chi connectivity index (χ1) is 4.20. The van der Waals surface area contributed by atoms with Gasteiger partial charge in [0.1, 0.15) is 0 Å². The number of hydrogen-bond acceptors (Lipinski definition) is 2. The van der Waals surface area contributed by atoms with Crippen molar-refractivity contribution in [3.05, 3.63) is 23.5 Å². The average Bonchev–Trinajstić information content (AvgIpc) is 1.80. The van der Waals surface area contributed by atoms with E-state index < -0.39 is 6.29 Å². The molecular weight excluding hydrogens is 116 g/mol. The highest BCUT2D eigenvalue weighted by molar-refractivity contribution is 5.27. The van der Waals surface area contributed by atoms with Crippen LogP contribution in [0.25, 0.3) is 0 Å². The third-order valence-electron chi connectivity index (χ3n) is 1.40. The molecule has 0 spiro atoms. The molecule has 0 radical (unpaired) electrons. The highest BCUT2D eigenvalue weighted by atomic mass is 16.6. The van der Waals surface area contributed by atoms with Gasteiger partial charge in [-0.2, -0.15) is 0 Å². The molecule has 1 aliphatic heterocycles. The number of hydrogen-bond donors (Lipinski definition) is 1. The van der Waals surface area contributed by atoms with Gasteiger partial charge < -0.3 is 9.84 Å². The average molecular weight is 126 g/mol. The number of rotatable bonds is 0. The molecule has 1 rings (SSSR count). The van der Waals surface area contributed by atoms with Crippen molar-refractivity contribution in [2.24, 2.45) is 0 Å². The highest BCUT2D eigenvalue weighted by Crippen LogP contribution is 2.14. The van der Waals surface area contributed by atoms with E-state index in [4.69, 9.17) is 9.84 Å². The summed E-state index contributed by atoms with van der Waals surface area (Å²) in [6, 6.07) is 0. The van der Waals surface area contributed by atoms with Crippen LogP contribution in [0.2, 0.25) is 0 Å². The Kier molecular flexibility index (Phi) is 1.58. The van der Waals surface area contributed by atoms with Crippen molar-refractivity contribution in [1.29, 1.82) is 0 Å². The van der Waals surface area contributed by atoms with Gasteiger partial charge in [0, 0.05) is 0 Å². The van der Waals surface area contributed by atoms with Gasteiger partial charge in [-0.15, -0.1) is 0 Å². The molecule has 9 heavy (non-hydrogen) atoms. The first-order valence-corrected chi connectivity index (χ1v) is 2.89. The van der Waals surface area contributed by atoms with Crippen molar-refractivity contribution < 1.29 is 9.84 Å². The lowest BCUT2D eigenvalue weighted by molar-refractivity contribution is -0.0152. The largest absolute Gasteiger partial charge is 0.469 e. The Balaban J connectivity index is 2.75. The normalized spacial score (nSPS) is 26.3. The highest BCUT2D eigenvalue weighted by Gasteiger charge is 2.05. The van der Waals surface area contributed by atoms with Gasteiger partial charge in [-0.05, 0) is 31.1 Å². The van der Waals surface area contributed by atoms with E-state index in [0.29, 0.717) is 0 Å². The van der Waals surface area contributed by atoms with Crippen molar-refractivity contribution in [1.82, 2.24) is 0 Å². The number of allylic oxidation sites excluding steroid dienone is 2. The van der Waals surface area contributed by atoms with E-state index in [-0.39, 0.29) is 0 Å². The van der Waals surface area contributed by atoms with Crippen LogP contribution in [0.4, 0.5) is 0 Å². The first-order valence-electron chi connectivity index (χ1n) is 2.89. The Morgan fingerprint density at radius 3 is 2.56 bits per heavy atom. The monoisotopic (exact) mass is 126 g/mol. The molecule has 2 heteroatoms. The molecule has 0 aliphatic carbocycles. The lowest BCUT2D eigenvalue weighted by atomic mass is 10.1. The molecule has 2 nitrogen and oxygen atoms in total. The van der Waals surface area contributed by atoms with Crippen LogP contribution in [0.15, 0.2) is 23.5 Å². The molecule has 50 valence electrons. The van der Waals surface area contributed by atoms with Crippen molar-refractivity contribution in [2.45, 2.75) is 20.1 Å². The Hall–Kier alpha value is -0.760. The second-order valence-corrected chi connectivity index (χ2v) is 2.18. The summed E-state index contributed by atoms with van der Waals surface area (Å²) in [4.78, 5) is 0. The van der Waals surface area contributed by atoms with Gasteiger partial charge >= 0.3 is 0 Å². The van der Waals surface area contributed by atoms with Crippen molar-refractivity contribution >= 4 is 0 Å². The van der Waals surface area contributed by atoms with Crippen molar-refractivity contribution in [3.8, 4) is 0 Å². The Morgan fingerprint density at radius 1 is 1.44 bits per heavy atom. The summed E-state index contributed by atoms with van der Waals surface area (Å²) in [5.74, 6) is 0. The topological polar surface area (TPSA) is 29.5 Å². The zero-order valence-electron chi connectivity index (χ0n) is 5.59. The second kappa shape index (κ2) is 2.23. The molecule has 1 atom stereocenters. The maximum absolute atomic E-state index is 8.85. The van der Waals surface area contributed by atoms with Crippen LogP contribution in [0.3, 0.4) is 0 Å². The molecule has 1 unspecified atom stereocenters. The lowest BCUT2D eigenvalue weighted by Gasteiger charge is -2.13. The Morgan fingerprint density at radius 2 is 2.11 bits per heavy atom. The molecule has 0 aromatic rings. The molecule has 0 fully saturated rings. The second-order valence-electron chi connectivity index (χ2n) is 2.18. The molecule has 0 amide bonds. The number of ether oxygens (including phenoxy) is 1. The zero-order chi connectivity index (χ0) is 6.85. The van der Waals surface area contributed by atoms with Gasteiger partial charge in [-0.3, -0.25) is 0 Å². The van der Waals surface area contributed by atoms with Crippen LogP contribution in [0, 0.1) is 0 Å². The Bertz CT molecular complexity index is 168. The summed E-state index contributed by atoms with van der Waals surface area (Å²) in [7, 11) is 0. The molecule has 0 aromatic carbocycles. The quantitative estimate of drug-likeness (QED) is 0.528. The van der Waals surface area contributed by atoms with E-state index in [1.807, 2.05) is 13.8 Å². The fourth-order valence-electron chi connectivity index (χ4n) is 0.649. The molecule has 1 heterocycles. The summed E-state index contributed by atoms with van der Waals surface area (Å²) in [6.45, 7) is 3.88. The Labute approximate surface area is 54.5 Å². The molecular formula is C7H10O2. The molecule has 1 N–H and O–H groups in total. The van der Waals surface area contributed by atoms with E-state index in [1.54, 1.807) is 12.3 Å². The van der Waals surface area contributed by atoms with Crippen LogP contribution >= 0.6 is 0 Å². The first kappa shape index (κ1) is 6.36. The minimum atomic E-state index is -0.742.